The molecule has 50 heavy (non-hydrogen) atoms. The number of aliphatic imine (C=N–C) groups is 1. The number of ether oxygens (including phenoxy) is 2. The largest absolute Gasteiger partial charge is 0.505 e. The van der Waals surface area contributed by atoms with Crippen molar-refractivity contribution < 1.29 is 81.1 Å². The maximum Gasteiger partial charge on any atom is 0.483 e. The van der Waals surface area contributed by atoms with Gasteiger partial charge in [0.1, 0.15) is 36.3 Å². The summed E-state index contributed by atoms with van der Waals surface area (Å²) in [5, 5.41) is 42.3. The summed E-state index contributed by atoms with van der Waals surface area (Å²) in [6, 6.07) is -1.61. The number of phosphoric ester groups is 3. The Morgan fingerprint density at radius 3 is 2.40 bits per heavy atom. The number of aromatic nitrogens is 3. The summed E-state index contributed by atoms with van der Waals surface area (Å²) in [6.45, 7) is 2.44. The van der Waals surface area contributed by atoms with E-state index in [2.05, 4.69) is 23.8 Å². The van der Waals surface area contributed by atoms with Crippen molar-refractivity contribution in [1.82, 2.24) is 14.5 Å². The Morgan fingerprint density at radius 2 is 1.74 bits per heavy atom. The van der Waals surface area contributed by atoms with Gasteiger partial charge in [0.15, 0.2) is 6.29 Å². The molecule has 280 valence electrons. The van der Waals surface area contributed by atoms with Crippen LogP contribution in [0.1, 0.15) is 42.0 Å². The lowest BCUT2D eigenvalue weighted by atomic mass is 9.97. The van der Waals surface area contributed by atoms with E-state index in [0.717, 1.165) is 17.0 Å². The Labute approximate surface area is 281 Å². The topological polar surface area (TPSA) is 349 Å². The number of nitrogens with zero attached hydrogens (tertiary/aromatic N) is 3. The van der Waals surface area contributed by atoms with E-state index in [0.29, 0.717) is 0 Å². The number of aliphatic hydroxyl groups excluding tert-OH is 3. The highest BCUT2D eigenvalue weighted by molar-refractivity contribution is 7.61. The Morgan fingerprint density at radius 1 is 1.06 bits per heavy atom. The number of aromatic hydroxyl groups is 1. The monoisotopic (exact) mass is 776 g/mol. The van der Waals surface area contributed by atoms with E-state index < -0.39 is 103 Å². The first-order valence-corrected chi connectivity index (χ1v) is 18.9. The predicted octanol–water partition coefficient (Wildman–Crippen LogP) is -1.28. The molecule has 10 atom stereocenters. The molecule has 0 radical (unpaired) electrons. The van der Waals surface area contributed by atoms with Gasteiger partial charge in [0, 0.05) is 41.7 Å². The third-order valence-corrected chi connectivity index (χ3v) is 10.5. The Kier molecular flexibility index (Phi) is 12.6. The molecule has 0 aromatic carbocycles. The van der Waals surface area contributed by atoms with Crippen LogP contribution in [0, 0.1) is 13.8 Å². The number of aliphatic hydroxyl groups is 3. The summed E-state index contributed by atoms with van der Waals surface area (Å²) in [5.74, 6) is -0.490. The molecule has 2 aromatic rings. The summed E-state index contributed by atoms with van der Waals surface area (Å²) in [5.41, 5.74) is -1.49. The van der Waals surface area contributed by atoms with Gasteiger partial charge in [0.25, 0.3) is 5.56 Å². The highest BCUT2D eigenvalue weighted by Crippen LogP contribution is 2.61. The molecule has 23 nitrogen and oxygen atoms in total. The van der Waals surface area contributed by atoms with Crippen molar-refractivity contribution >= 4 is 29.7 Å². The van der Waals surface area contributed by atoms with Gasteiger partial charge in [-0.3, -0.25) is 37.9 Å². The van der Waals surface area contributed by atoms with Crippen LogP contribution in [0.5, 0.6) is 5.75 Å². The second-order valence-corrected chi connectivity index (χ2v) is 15.4. The van der Waals surface area contributed by atoms with E-state index in [1.807, 2.05) is 0 Å². The molecular weight excluding hydrogens is 741 g/mol. The number of hydrogen-bond donors (Lipinski definition) is 9. The van der Waals surface area contributed by atoms with Crippen LogP contribution in [0.3, 0.4) is 0 Å². The summed E-state index contributed by atoms with van der Waals surface area (Å²) in [7, 11) is -16.1. The number of aromatic amines is 1. The average Bonchev–Trinajstić information content (AvgIpc) is 3.36. The lowest BCUT2D eigenvalue weighted by Gasteiger charge is -2.39. The molecule has 2 saturated heterocycles. The molecule has 0 aliphatic carbocycles. The summed E-state index contributed by atoms with van der Waals surface area (Å²) < 4.78 is 66.4. The molecule has 0 bridgehead atoms. The molecule has 26 heteroatoms. The summed E-state index contributed by atoms with van der Waals surface area (Å²) in [4.78, 5) is 72.2. The number of rotatable bonds is 13. The van der Waals surface area contributed by atoms with Crippen LogP contribution in [0.4, 0.5) is 0 Å². The van der Waals surface area contributed by atoms with Crippen molar-refractivity contribution in [3.63, 3.8) is 0 Å². The van der Waals surface area contributed by atoms with Gasteiger partial charge in [0.05, 0.1) is 31.1 Å². The van der Waals surface area contributed by atoms with E-state index in [1.165, 1.54) is 27.0 Å². The standard InChI is InChI=1S/C24H35N4O19P3/c1-10-7-28(24(34)27-22(10)33)17-4-15(29)16(45-17)9-43-49(38,39)47-50(40,41)46-23-21(32)18(20(31)12(3)44-23)26-6-14-13(8-42-48(35,36)37)5-25-11(2)19(14)30/h5-7,12,15-18,20-21,23,29-32H,4,8-9H2,1-3H3,(H,38,39)(H,40,41)(H,27,33,34)(H2,35,36,37)/t12-,15+,16-,17-,18+,20-,21-,23-/m1/s1. The quantitative estimate of drug-likeness (QED) is 0.0844. The zero-order valence-electron chi connectivity index (χ0n) is 26.2. The zero-order valence-corrected chi connectivity index (χ0v) is 28.9. The van der Waals surface area contributed by atoms with Gasteiger partial charge in [-0.05, 0) is 20.8 Å². The first-order valence-electron chi connectivity index (χ1n) is 14.3. The van der Waals surface area contributed by atoms with Gasteiger partial charge in [0.2, 0.25) is 0 Å². The molecule has 4 rings (SSSR count). The van der Waals surface area contributed by atoms with E-state index in [9.17, 15) is 53.5 Å². The number of H-pyrrole nitrogens is 1. The number of aryl methyl sites for hydroxylation is 2. The van der Waals surface area contributed by atoms with Crippen molar-refractivity contribution in [1.29, 1.82) is 0 Å². The Balaban J connectivity index is 1.42. The molecule has 2 unspecified atom stereocenters. The Bertz CT molecular complexity index is 1850. The van der Waals surface area contributed by atoms with Crippen LogP contribution in [-0.4, -0.2) is 110 Å². The van der Waals surface area contributed by atoms with Gasteiger partial charge in [-0.15, -0.1) is 0 Å². The normalized spacial score (nSPS) is 30.0. The minimum atomic E-state index is -5.65. The molecule has 2 aliphatic heterocycles. The maximum atomic E-state index is 12.7. The zero-order chi connectivity index (χ0) is 37.3. The number of phosphoric acid groups is 3. The highest BCUT2D eigenvalue weighted by atomic mass is 31.3. The molecular formula is C24H35N4O19P3. The number of hydrogen-bond acceptors (Lipinski definition) is 17. The fourth-order valence-electron chi connectivity index (χ4n) is 4.81. The molecule has 2 fully saturated rings. The third kappa shape index (κ3) is 10.1. The van der Waals surface area contributed by atoms with Crippen LogP contribution < -0.4 is 11.2 Å². The molecule has 0 amide bonds. The van der Waals surface area contributed by atoms with Gasteiger partial charge >= 0.3 is 29.2 Å². The third-order valence-electron chi connectivity index (χ3n) is 7.44. The number of nitrogens with one attached hydrogen (secondary N) is 1. The van der Waals surface area contributed by atoms with Gasteiger partial charge < -0.3 is 49.5 Å². The Hall–Kier alpha value is -2.53. The molecule has 2 aliphatic rings. The van der Waals surface area contributed by atoms with Crippen LogP contribution in [-0.2, 0) is 47.7 Å². The highest BCUT2D eigenvalue weighted by Gasteiger charge is 2.48. The molecule has 4 heterocycles. The van der Waals surface area contributed by atoms with Crippen LogP contribution in [0.25, 0.3) is 0 Å². The average molecular weight is 776 g/mol. The molecule has 0 saturated carbocycles. The van der Waals surface area contributed by atoms with E-state index >= 15 is 0 Å². The van der Waals surface area contributed by atoms with Crippen LogP contribution in [0.15, 0.2) is 27.0 Å². The smallest absolute Gasteiger partial charge is 0.483 e. The molecule has 0 spiro atoms. The lowest BCUT2D eigenvalue weighted by molar-refractivity contribution is -0.240. The molecule has 2 aromatic heterocycles. The van der Waals surface area contributed by atoms with Crippen LogP contribution >= 0.6 is 23.5 Å². The minimum absolute atomic E-state index is 0.0597. The predicted molar refractivity (Wildman–Crippen MR) is 164 cm³/mol. The molecule has 9 N–H and O–H groups in total. The van der Waals surface area contributed by atoms with Gasteiger partial charge in [-0.1, -0.05) is 0 Å². The first-order chi connectivity index (χ1) is 23.1. The fraction of sp³-hybridized carbons (Fsp3) is 0.583. The van der Waals surface area contributed by atoms with Crippen molar-refractivity contribution in [2.24, 2.45) is 4.99 Å². The van der Waals surface area contributed by atoms with Crippen molar-refractivity contribution in [3.05, 3.63) is 55.6 Å². The first kappa shape index (κ1) is 40.2. The minimum Gasteiger partial charge on any atom is -0.505 e. The fourth-order valence-corrected chi connectivity index (χ4v) is 7.28. The van der Waals surface area contributed by atoms with Gasteiger partial charge in [-0.25, -0.2) is 18.5 Å². The second kappa shape index (κ2) is 15.6. The van der Waals surface area contributed by atoms with E-state index in [-0.39, 0.29) is 28.8 Å². The summed E-state index contributed by atoms with van der Waals surface area (Å²) >= 11 is 0. The lowest BCUT2D eigenvalue weighted by Crippen LogP contribution is -2.56. The van der Waals surface area contributed by atoms with E-state index in [4.69, 9.17) is 28.3 Å². The number of pyridine rings is 1. The van der Waals surface area contributed by atoms with Gasteiger partial charge in [-0.2, -0.15) is 4.31 Å². The van der Waals surface area contributed by atoms with Crippen molar-refractivity contribution in [2.45, 2.75) is 82.9 Å². The maximum absolute atomic E-state index is 12.7. The summed E-state index contributed by atoms with van der Waals surface area (Å²) in [6.07, 6.45) is -7.87. The van der Waals surface area contributed by atoms with Crippen molar-refractivity contribution in [3.8, 4) is 5.75 Å². The van der Waals surface area contributed by atoms with E-state index in [1.54, 1.807) is 0 Å². The second-order valence-electron chi connectivity index (χ2n) is 11.2. The SMILES string of the molecule is Cc1ncc(COP(=O)(O)O)c(C=N[C@@H]2[C@@H](O)[C@@H](OP(=O)(O)OP(=O)(O)OC[C@H]3O[C@@H](n4cc(C)c(=O)[nH]c4=O)C[C@@H]3O)O[C@H](C)[C@H]2O)c1O. The van der Waals surface area contributed by atoms with Crippen molar-refractivity contribution in [2.75, 3.05) is 6.61 Å². The van der Waals surface area contributed by atoms with Crippen LogP contribution in [0.2, 0.25) is 0 Å².